The van der Waals surface area contributed by atoms with E-state index < -0.39 is 25.9 Å². The highest BCUT2D eigenvalue weighted by molar-refractivity contribution is 9.10. The van der Waals surface area contributed by atoms with Crippen LogP contribution in [0.5, 0.6) is 0 Å². The summed E-state index contributed by atoms with van der Waals surface area (Å²) in [7, 11) is -2.95. The van der Waals surface area contributed by atoms with Crippen molar-refractivity contribution in [2.24, 2.45) is 5.92 Å². The Morgan fingerprint density at radius 3 is 2.47 bits per heavy atom. The maximum atomic E-state index is 14.7. The Morgan fingerprint density at radius 1 is 1.11 bits per heavy atom. The summed E-state index contributed by atoms with van der Waals surface area (Å²) >= 11 is 3.59. The number of benzene rings is 3. The van der Waals surface area contributed by atoms with Crippen molar-refractivity contribution < 1.29 is 29.0 Å². The number of aliphatic hydroxyl groups is 1. The first-order valence-corrected chi connectivity index (χ1v) is 19.8. The molecular formula is C35H41BrN4O6Si. The molecule has 0 bridgehead atoms. The molecule has 0 radical (unpaired) electrons. The summed E-state index contributed by atoms with van der Waals surface area (Å²) in [5.74, 6) is -1.02. The molecule has 5 N–H and O–H groups in total. The molecule has 1 spiro atoms. The van der Waals surface area contributed by atoms with Crippen LogP contribution in [0.2, 0.25) is 18.6 Å². The molecule has 47 heavy (non-hydrogen) atoms. The van der Waals surface area contributed by atoms with Crippen LogP contribution in [-0.4, -0.2) is 66.1 Å². The van der Waals surface area contributed by atoms with E-state index in [4.69, 9.17) is 10.5 Å². The number of carbonyl (C=O) groups is 3. The van der Waals surface area contributed by atoms with E-state index in [0.29, 0.717) is 34.7 Å². The van der Waals surface area contributed by atoms with Gasteiger partial charge >= 0.3 is 0 Å². The maximum Gasteiger partial charge on any atom is 0.264 e. The van der Waals surface area contributed by atoms with E-state index in [0.717, 1.165) is 22.9 Å². The zero-order chi connectivity index (χ0) is 33.7. The number of nitrogen functional groups attached to an aromatic ring is 1. The summed E-state index contributed by atoms with van der Waals surface area (Å²) in [4.78, 5) is 56.0. The number of carbonyl (C=O) groups excluding carboxylic acids is 3. The second-order valence-corrected chi connectivity index (χ2v) is 18.3. The number of halogens is 1. The van der Waals surface area contributed by atoms with Crippen molar-refractivity contribution in [1.29, 1.82) is 0 Å². The number of nitrogens with one attached hydrogen (secondary N) is 1. The van der Waals surface area contributed by atoms with Gasteiger partial charge in [-0.1, -0.05) is 35.0 Å². The fourth-order valence-corrected chi connectivity index (χ4v) is 10.7. The van der Waals surface area contributed by atoms with E-state index >= 15 is 0 Å². The highest BCUT2D eigenvalue weighted by Gasteiger charge is 2.66. The largest absolute Gasteiger partial charge is 0.432 e. The van der Waals surface area contributed by atoms with Crippen LogP contribution in [0.3, 0.4) is 0 Å². The number of nitrogens with zero attached hydrogens (tertiary/aromatic N) is 2. The highest BCUT2D eigenvalue weighted by atomic mass is 79.9. The minimum atomic E-state index is -2.95. The number of anilines is 3. The summed E-state index contributed by atoms with van der Waals surface area (Å²) in [6.45, 7) is 6.38. The molecule has 6 rings (SSSR count). The van der Waals surface area contributed by atoms with Crippen molar-refractivity contribution in [2.75, 3.05) is 29.1 Å². The molecule has 3 amide bonds. The van der Waals surface area contributed by atoms with Gasteiger partial charge < -0.3 is 35.5 Å². The lowest BCUT2D eigenvalue weighted by atomic mass is 9.82. The Labute approximate surface area is 284 Å². The van der Waals surface area contributed by atoms with E-state index in [1.807, 2.05) is 50.3 Å². The molecule has 3 aromatic carbocycles. The minimum absolute atomic E-state index is 0.0322. The lowest BCUT2D eigenvalue weighted by Crippen LogP contribution is -2.46. The molecule has 3 aliphatic heterocycles. The molecule has 0 unspecified atom stereocenters. The molecule has 3 aromatic rings. The zero-order valence-electron chi connectivity index (χ0n) is 26.8. The fourth-order valence-electron chi connectivity index (χ4n) is 7.76. The second-order valence-electron chi connectivity index (χ2n) is 13.5. The van der Waals surface area contributed by atoms with Crippen molar-refractivity contribution in [1.82, 2.24) is 4.90 Å². The van der Waals surface area contributed by atoms with Gasteiger partial charge in [-0.05, 0) is 86.1 Å². The van der Waals surface area contributed by atoms with E-state index in [1.165, 1.54) is 0 Å². The lowest BCUT2D eigenvalue weighted by molar-refractivity contribution is -0.150. The molecule has 2 saturated heterocycles. The van der Waals surface area contributed by atoms with Gasteiger partial charge in [-0.25, -0.2) is 0 Å². The molecule has 10 nitrogen and oxygen atoms in total. The first kappa shape index (κ1) is 33.4. The van der Waals surface area contributed by atoms with Gasteiger partial charge in [0.2, 0.25) is 5.91 Å². The van der Waals surface area contributed by atoms with Crippen molar-refractivity contribution in [3.63, 3.8) is 0 Å². The average Bonchev–Trinajstić information content (AvgIpc) is 3.69. The first-order valence-electron chi connectivity index (χ1n) is 16.0. The maximum absolute atomic E-state index is 14.7. The van der Waals surface area contributed by atoms with E-state index in [1.54, 1.807) is 46.2 Å². The summed E-state index contributed by atoms with van der Waals surface area (Å²) in [6.07, 6.45) is 0.952. The Balaban J connectivity index is 1.27. The van der Waals surface area contributed by atoms with Gasteiger partial charge in [0.25, 0.3) is 11.8 Å². The molecule has 12 heteroatoms. The Bertz CT molecular complexity index is 1680. The topological polar surface area (TPSA) is 145 Å². The predicted molar refractivity (Wildman–Crippen MR) is 186 cm³/mol. The number of hydrogen-bond donors (Lipinski definition) is 4. The minimum Gasteiger partial charge on any atom is -0.432 e. The molecule has 3 aliphatic rings. The van der Waals surface area contributed by atoms with Crippen LogP contribution in [-0.2, 0) is 26.5 Å². The van der Waals surface area contributed by atoms with Crippen LogP contribution in [0.4, 0.5) is 17.1 Å². The van der Waals surface area contributed by atoms with Gasteiger partial charge in [0.05, 0.1) is 37.4 Å². The third kappa shape index (κ3) is 6.13. The van der Waals surface area contributed by atoms with Crippen LogP contribution >= 0.6 is 15.9 Å². The lowest BCUT2D eigenvalue weighted by Gasteiger charge is -2.32. The molecule has 248 valence electrons. The average molecular weight is 722 g/mol. The molecular weight excluding hydrogens is 680 g/mol. The number of rotatable bonds is 8. The molecule has 2 fully saturated rings. The molecule has 5 atom stereocenters. The number of amides is 3. The Hall–Kier alpha value is -3.55. The van der Waals surface area contributed by atoms with Gasteiger partial charge in [-0.2, -0.15) is 0 Å². The van der Waals surface area contributed by atoms with Crippen molar-refractivity contribution in [3.05, 3.63) is 87.9 Å². The van der Waals surface area contributed by atoms with Crippen LogP contribution in [0.25, 0.3) is 0 Å². The van der Waals surface area contributed by atoms with Crippen molar-refractivity contribution in [3.8, 4) is 0 Å². The predicted octanol–water partition coefficient (Wildman–Crippen LogP) is 5.00. The van der Waals surface area contributed by atoms with E-state index in [-0.39, 0.29) is 48.9 Å². The number of likely N-dealkylation sites (tertiary alicyclic amines) is 1. The van der Waals surface area contributed by atoms with Gasteiger partial charge in [-0.3, -0.25) is 14.4 Å². The molecule has 0 saturated carbocycles. The Kier molecular flexibility index (Phi) is 9.09. The first-order chi connectivity index (χ1) is 22.3. The number of nitrogens with two attached hydrogens (primary N) is 1. The Morgan fingerprint density at radius 2 is 1.81 bits per heavy atom. The standard InChI is InChI=1S/C35H41BrN4O6Si/c1-21-32(47(2,3)45)30(18-31(42)39-16-4-5-27(39)20-41)46-35(21)28-17-24(36)10-15-29(28)40(34(35)44)19-22-6-13-26(14-7-22)38-33(43)23-8-11-25(37)12-9-23/h6-15,17,21,27,30,32,41,45H,4-5,16,18-20,37H2,1-3H3,(H,38,43)/t21-,27-,30+,32-,35+/m0/s1. The van der Waals surface area contributed by atoms with Gasteiger partial charge in [0.1, 0.15) is 0 Å². The van der Waals surface area contributed by atoms with Crippen LogP contribution in [0.15, 0.2) is 71.2 Å². The smallest absolute Gasteiger partial charge is 0.264 e. The van der Waals surface area contributed by atoms with Crippen LogP contribution < -0.4 is 16.0 Å². The highest BCUT2D eigenvalue weighted by Crippen LogP contribution is 2.60. The summed E-state index contributed by atoms with van der Waals surface area (Å²) < 4.78 is 7.62. The monoisotopic (exact) mass is 720 g/mol. The second kappa shape index (κ2) is 12.8. The van der Waals surface area contributed by atoms with Crippen molar-refractivity contribution >= 4 is 59.0 Å². The third-order valence-electron chi connectivity index (χ3n) is 9.96. The van der Waals surface area contributed by atoms with Gasteiger partial charge in [0, 0.05) is 45.0 Å². The molecule has 0 aliphatic carbocycles. The summed E-state index contributed by atoms with van der Waals surface area (Å²) in [6, 6.07) is 19.5. The van der Waals surface area contributed by atoms with Gasteiger partial charge in [-0.15, -0.1) is 0 Å². The fraction of sp³-hybridized carbons (Fsp3) is 0.400. The third-order valence-corrected chi connectivity index (χ3v) is 13.0. The quantitative estimate of drug-likeness (QED) is 0.189. The molecule has 3 heterocycles. The number of ether oxygens (including phenoxy) is 1. The number of hydrogen-bond acceptors (Lipinski definition) is 7. The van der Waals surface area contributed by atoms with Crippen LogP contribution in [0.1, 0.15) is 47.7 Å². The SMILES string of the molecule is C[C@H]1[C@H]([Si](C)(C)O)[C@@H](CC(=O)N2CCC[C@H]2CO)O[C@]12C(=O)N(Cc1ccc(NC(=O)c3ccc(N)cc3)cc1)c1ccc(Br)cc12. The van der Waals surface area contributed by atoms with E-state index in [2.05, 4.69) is 21.2 Å². The summed E-state index contributed by atoms with van der Waals surface area (Å²) in [5.41, 5.74) is 7.94. The number of fused-ring (bicyclic) bond motifs is 2. The normalized spacial score (nSPS) is 25.4. The summed E-state index contributed by atoms with van der Waals surface area (Å²) in [5, 5.41) is 12.7. The molecule has 0 aromatic heterocycles. The van der Waals surface area contributed by atoms with E-state index in [9.17, 15) is 24.3 Å². The number of aliphatic hydroxyl groups excluding tert-OH is 1. The van der Waals surface area contributed by atoms with Crippen molar-refractivity contribution in [2.45, 2.75) is 69.1 Å². The van der Waals surface area contributed by atoms with Crippen LogP contribution in [0, 0.1) is 5.92 Å². The van der Waals surface area contributed by atoms with Gasteiger partial charge in [0.15, 0.2) is 13.9 Å². The zero-order valence-corrected chi connectivity index (χ0v) is 29.4.